The number of hydrogen-bond acceptors (Lipinski definition) is 6. The van der Waals surface area contributed by atoms with Crippen LogP contribution in [0.3, 0.4) is 0 Å². The van der Waals surface area contributed by atoms with Crippen LogP contribution in [0.25, 0.3) is 4.96 Å². The number of nitrogens with one attached hydrogen (secondary N) is 1. The molecule has 0 unspecified atom stereocenters. The maximum Gasteiger partial charge on any atom is 0.490 e. The molecule has 2 aliphatic heterocycles. The van der Waals surface area contributed by atoms with Gasteiger partial charge in [0.25, 0.3) is 5.91 Å². The number of halogens is 3. The Kier molecular flexibility index (Phi) is 6.68. The smallest absolute Gasteiger partial charge is 0.475 e. The highest BCUT2D eigenvalue weighted by molar-refractivity contribution is 7.15. The number of aliphatic hydroxyl groups is 1. The SMILES string of the molecule is O=C(O)C(F)(F)F.O=C(c1csc2nccn12)N1CCC(C2(O)CCNCC2)CC1. The number of carbonyl (C=O) groups excluding carboxylic acids is 1. The van der Waals surface area contributed by atoms with Crippen LogP contribution < -0.4 is 5.32 Å². The van der Waals surface area contributed by atoms with Gasteiger partial charge in [0.15, 0.2) is 4.96 Å². The molecule has 1 amide bonds. The van der Waals surface area contributed by atoms with E-state index in [0.717, 1.165) is 56.8 Å². The lowest BCUT2D eigenvalue weighted by Crippen LogP contribution is -2.51. The van der Waals surface area contributed by atoms with E-state index in [9.17, 15) is 23.1 Å². The van der Waals surface area contributed by atoms with Crippen molar-refractivity contribution in [3.8, 4) is 0 Å². The number of amides is 1. The van der Waals surface area contributed by atoms with Gasteiger partial charge >= 0.3 is 12.1 Å². The highest BCUT2D eigenvalue weighted by Gasteiger charge is 2.40. The summed E-state index contributed by atoms with van der Waals surface area (Å²) in [6, 6.07) is 0. The minimum Gasteiger partial charge on any atom is -0.475 e. The monoisotopic (exact) mass is 448 g/mol. The van der Waals surface area contributed by atoms with Gasteiger partial charge in [-0.1, -0.05) is 0 Å². The third-order valence-electron chi connectivity index (χ3n) is 5.62. The van der Waals surface area contributed by atoms with Gasteiger partial charge in [-0.05, 0) is 44.7 Å². The molecule has 4 heterocycles. The van der Waals surface area contributed by atoms with Crippen molar-refractivity contribution in [2.45, 2.75) is 37.5 Å². The maximum atomic E-state index is 12.7. The van der Waals surface area contributed by atoms with Crippen LogP contribution >= 0.6 is 11.3 Å². The van der Waals surface area contributed by atoms with Crippen LogP contribution in [0.2, 0.25) is 0 Å². The summed E-state index contributed by atoms with van der Waals surface area (Å²) in [7, 11) is 0. The van der Waals surface area contributed by atoms with Crippen LogP contribution in [0.1, 0.15) is 36.2 Å². The van der Waals surface area contributed by atoms with Crippen molar-refractivity contribution >= 4 is 28.2 Å². The molecule has 12 heteroatoms. The van der Waals surface area contributed by atoms with E-state index in [1.807, 2.05) is 20.9 Å². The van der Waals surface area contributed by atoms with E-state index >= 15 is 0 Å². The minimum atomic E-state index is -5.08. The van der Waals surface area contributed by atoms with Crippen molar-refractivity contribution in [1.29, 1.82) is 0 Å². The number of aromatic nitrogens is 2. The van der Waals surface area contributed by atoms with E-state index in [1.165, 1.54) is 11.3 Å². The number of fused-ring (bicyclic) bond motifs is 1. The molecule has 3 N–H and O–H groups in total. The number of carboxylic acid groups (broad SMARTS) is 1. The topological polar surface area (TPSA) is 107 Å². The second-order valence-corrected chi connectivity index (χ2v) is 8.26. The van der Waals surface area contributed by atoms with E-state index in [2.05, 4.69) is 10.3 Å². The van der Waals surface area contributed by atoms with Crippen molar-refractivity contribution in [3.05, 3.63) is 23.5 Å². The summed E-state index contributed by atoms with van der Waals surface area (Å²) in [4.78, 5) is 28.6. The average Bonchev–Trinajstić information content (AvgIpc) is 3.32. The lowest BCUT2D eigenvalue weighted by molar-refractivity contribution is -0.192. The maximum absolute atomic E-state index is 12.7. The Labute approximate surface area is 174 Å². The second kappa shape index (κ2) is 8.90. The number of alkyl halides is 3. The Balaban J connectivity index is 0.000000318. The summed E-state index contributed by atoms with van der Waals surface area (Å²) in [5.41, 5.74) is 0.155. The first kappa shape index (κ1) is 22.5. The van der Waals surface area contributed by atoms with Gasteiger partial charge in [-0.15, -0.1) is 11.3 Å². The van der Waals surface area contributed by atoms with E-state index in [1.54, 1.807) is 6.20 Å². The highest BCUT2D eigenvalue weighted by Crippen LogP contribution is 2.35. The normalized spacial score (nSPS) is 19.9. The molecule has 4 rings (SSSR count). The number of aliphatic carboxylic acids is 1. The summed E-state index contributed by atoms with van der Waals surface area (Å²) in [6.45, 7) is 3.24. The molecular weight excluding hydrogens is 425 g/mol. The molecule has 0 saturated carbocycles. The molecule has 0 bridgehead atoms. The fourth-order valence-electron chi connectivity index (χ4n) is 3.93. The Morgan fingerprint density at radius 3 is 2.40 bits per heavy atom. The summed E-state index contributed by atoms with van der Waals surface area (Å²) in [5.74, 6) is -2.37. The van der Waals surface area contributed by atoms with E-state index in [0.29, 0.717) is 11.6 Å². The summed E-state index contributed by atoms with van der Waals surface area (Å²) < 4.78 is 33.6. The molecule has 2 fully saturated rings. The zero-order chi connectivity index (χ0) is 21.9. The summed E-state index contributed by atoms with van der Waals surface area (Å²) in [5, 5.41) is 23.2. The Morgan fingerprint density at radius 2 is 1.83 bits per heavy atom. The molecule has 2 aromatic heterocycles. The van der Waals surface area contributed by atoms with Gasteiger partial charge in [0.1, 0.15) is 5.69 Å². The molecular formula is C18H23F3N4O4S. The van der Waals surface area contributed by atoms with Crippen molar-refractivity contribution in [2.24, 2.45) is 5.92 Å². The number of imidazole rings is 1. The molecule has 30 heavy (non-hydrogen) atoms. The molecule has 2 saturated heterocycles. The van der Waals surface area contributed by atoms with Crippen molar-refractivity contribution < 1.29 is 33.0 Å². The number of nitrogens with zero attached hydrogens (tertiary/aromatic N) is 3. The number of hydrogen-bond donors (Lipinski definition) is 3. The number of rotatable bonds is 2. The van der Waals surface area contributed by atoms with E-state index in [-0.39, 0.29) is 5.91 Å². The standard InChI is InChI=1S/C16H22N4O2S.C2HF3O2/c21-14(13-11-23-15-18-7-10-20(13)15)19-8-1-12(2-9-19)16(22)3-5-17-6-4-16;3-2(4,5)1(6)7/h7,10-12,17,22H,1-6,8-9H2;(H,6,7). The van der Waals surface area contributed by atoms with Gasteiger partial charge in [0.05, 0.1) is 5.60 Å². The predicted molar refractivity (Wildman–Crippen MR) is 102 cm³/mol. The van der Waals surface area contributed by atoms with Crippen molar-refractivity contribution in [2.75, 3.05) is 26.2 Å². The molecule has 2 aromatic rings. The Morgan fingerprint density at radius 1 is 1.23 bits per heavy atom. The molecule has 8 nitrogen and oxygen atoms in total. The molecule has 0 spiro atoms. The van der Waals surface area contributed by atoms with Crippen LogP contribution in [-0.2, 0) is 4.79 Å². The van der Waals surface area contributed by atoms with Crippen LogP contribution in [0, 0.1) is 5.92 Å². The second-order valence-electron chi connectivity index (χ2n) is 7.42. The lowest BCUT2D eigenvalue weighted by atomic mass is 9.75. The van der Waals surface area contributed by atoms with E-state index < -0.39 is 17.7 Å². The third kappa shape index (κ3) is 4.93. The largest absolute Gasteiger partial charge is 0.490 e. The zero-order valence-corrected chi connectivity index (χ0v) is 16.9. The Hall–Kier alpha value is -2.18. The average molecular weight is 448 g/mol. The number of thiazole rings is 1. The van der Waals surface area contributed by atoms with Gasteiger partial charge in [-0.2, -0.15) is 13.2 Å². The first-order valence-electron chi connectivity index (χ1n) is 9.55. The molecule has 2 aliphatic rings. The third-order valence-corrected chi connectivity index (χ3v) is 6.47. The molecule has 166 valence electrons. The number of carboxylic acids is 1. The summed E-state index contributed by atoms with van der Waals surface area (Å²) >= 11 is 1.49. The lowest BCUT2D eigenvalue weighted by Gasteiger charge is -2.43. The molecule has 0 radical (unpaired) electrons. The first-order chi connectivity index (χ1) is 14.1. The van der Waals surface area contributed by atoms with Crippen molar-refractivity contribution in [1.82, 2.24) is 19.6 Å². The highest BCUT2D eigenvalue weighted by atomic mass is 32.1. The first-order valence-corrected chi connectivity index (χ1v) is 10.4. The molecule has 0 aromatic carbocycles. The van der Waals surface area contributed by atoms with Gasteiger partial charge in [0, 0.05) is 30.9 Å². The van der Waals surface area contributed by atoms with Crippen LogP contribution in [0.4, 0.5) is 13.2 Å². The van der Waals surface area contributed by atoms with Gasteiger partial charge in [0.2, 0.25) is 0 Å². The minimum absolute atomic E-state index is 0.0741. The summed E-state index contributed by atoms with van der Waals surface area (Å²) in [6.07, 6.45) is 1.90. The quantitative estimate of drug-likeness (QED) is 0.649. The van der Waals surface area contributed by atoms with Crippen LogP contribution in [-0.4, -0.2) is 74.3 Å². The fraction of sp³-hybridized carbons (Fsp3) is 0.611. The van der Waals surface area contributed by atoms with Crippen LogP contribution in [0.15, 0.2) is 17.8 Å². The van der Waals surface area contributed by atoms with Crippen LogP contribution in [0.5, 0.6) is 0 Å². The molecule has 0 atom stereocenters. The predicted octanol–water partition coefficient (Wildman–Crippen LogP) is 2.00. The van der Waals surface area contributed by atoms with E-state index in [4.69, 9.17) is 9.90 Å². The van der Waals surface area contributed by atoms with Crippen molar-refractivity contribution in [3.63, 3.8) is 0 Å². The van der Waals surface area contributed by atoms with Gasteiger partial charge < -0.3 is 20.4 Å². The van der Waals surface area contributed by atoms with Gasteiger partial charge in [-0.25, -0.2) is 9.78 Å². The zero-order valence-electron chi connectivity index (χ0n) is 16.1. The number of likely N-dealkylation sites (tertiary alicyclic amines) is 1. The van der Waals surface area contributed by atoms with Gasteiger partial charge in [-0.3, -0.25) is 9.20 Å². The fourth-order valence-corrected chi connectivity index (χ4v) is 4.75. The molecule has 0 aliphatic carbocycles. The number of carbonyl (C=O) groups is 2. The number of piperidine rings is 2. The Bertz CT molecular complexity index is 883.